The molecule has 2 aromatic carbocycles. The van der Waals surface area contributed by atoms with E-state index in [-0.39, 0.29) is 17.2 Å². The average molecular weight is 452 g/mol. The lowest BCUT2D eigenvalue weighted by Crippen LogP contribution is -2.28. The molecule has 0 aliphatic carbocycles. The van der Waals surface area contributed by atoms with Gasteiger partial charge in [-0.05, 0) is 43.5 Å². The van der Waals surface area contributed by atoms with Crippen molar-refractivity contribution in [2.75, 3.05) is 26.7 Å². The number of rotatable bonds is 8. The van der Waals surface area contributed by atoms with Gasteiger partial charge in [0, 0.05) is 29.8 Å². The Labute approximate surface area is 193 Å². The summed E-state index contributed by atoms with van der Waals surface area (Å²) in [6.45, 7) is 7.38. The molecule has 0 amide bonds. The highest BCUT2D eigenvalue weighted by molar-refractivity contribution is 5.97. The maximum absolute atomic E-state index is 12.5. The number of hydrogen-bond donors (Lipinski definition) is 0. The Balaban J connectivity index is 1.93. The van der Waals surface area contributed by atoms with E-state index in [2.05, 4.69) is 18.7 Å². The molecule has 4 rings (SSSR count). The van der Waals surface area contributed by atoms with Gasteiger partial charge < -0.3 is 23.8 Å². The molecule has 0 fully saturated rings. The first-order valence-corrected chi connectivity index (χ1v) is 11.4. The second kappa shape index (κ2) is 10.1. The predicted molar refractivity (Wildman–Crippen MR) is 124 cm³/mol. The van der Waals surface area contributed by atoms with E-state index in [0.717, 1.165) is 66.9 Å². The van der Waals surface area contributed by atoms with E-state index in [4.69, 9.17) is 18.9 Å². The number of carbonyl (C=O) groups excluding carboxylic acids is 2. The molecule has 0 N–H and O–H groups in total. The number of esters is 2. The second-order valence-electron chi connectivity index (χ2n) is 8.09. The normalized spacial score (nSPS) is 15.3. The minimum Gasteiger partial charge on any atom is -0.490 e. The van der Waals surface area contributed by atoms with Gasteiger partial charge in [0.2, 0.25) is 11.5 Å². The monoisotopic (exact) mass is 451 g/mol. The molecule has 2 aliphatic heterocycles. The van der Waals surface area contributed by atoms with Crippen molar-refractivity contribution >= 4 is 11.9 Å². The summed E-state index contributed by atoms with van der Waals surface area (Å²) in [6, 6.07) is 7.98. The van der Waals surface area contributed by atoms with E-state index in [0.29, 0.717) is 18.8 Å². The van der Waals surface area contributed by atoms with Crippen molar-refractivity contribution in [3.63, 3.8) is 0 Å². The third kappa shape index (κ3) is 4.59. The number of methoxy groups -OCH3 is 1. The highest BCUT2D eigenvalue weighted by Gasteiger charge is 2.34. The van der Waals surface area contributed by atoms with Gasteiger partial charge in [-0.15, -0.1) is 0 Å². The average Bonchev–Trinajstić information content (AvgIpc) is 2.81. The highest BCUT2D eigenvalue weighted by atomic mass is 16.6. The molecule has 0 atom stereocenters. The molecule has 0 spiro atoms. The standard InChI is InChI=1S/C26H29NO6/c1-4-13-27(14-5-2)15-12-19-22-18-9-7-6-8-17(18)16-31-24(22)25(30-3)26-23(19)32-20(28)10-11-21(29)33-26/h6-11H,4-5,12-16H2,1-3H3/b11-10+. The summed E-state index contributed by atoms with van der Waals surface area (Å²) in [5, 5.41) is 0. The van der Waals surface area contributed by atoms with Gasteiger partial charge in [-0.2, -0.15) is 0 Å². The molecule has 0 aromatic heterocycles. The van der Waals surface area contributed by atoms with Gasteiger partial charge >= 0.3 is 11.9 Å². The minimum atomic E-state index is -0.674. The summed E-state index contributed by atoms with van der Waals surface area (Å²) in [4.78, 5) is 27.1. The number of carbonyl (C=O) groups is 2. The zero-order chi connectivity index (χ0) is 23.4. The zero-order valence-corrected chi connectivity index (χ0v) is 19.3. The van der Waals surface area contributed by atoms with Crippen LogP contribution in [-0.4, -0.2) is 43.6 Å². The molecular formula is C26H29NO6. The van der Waals surface area contributed by atoms with Crippen molar-refractivity contribution in [2.45, 2.75) is 39.7 Å². The fraction of sp³-hybridized carbons (Fsp3) is 0.385. The van der Waals surface area contributed by atoms with Crippen LogP contribution in [0.4, 0.5) is 0 Å². The van der Waals surface area contributed by atoms with Gasteiger partial charge in [-0.1, -0.05) is 38.1 Å². The van der Waals surface area contributed by atoms with Crippen LogP contribution < -0.4 is 18.9 Å². The van der Waals surface area contributed by atoms with Gasteiger partial charge in [-0.25, -0.2) is 9.59 Å². The van der Waals surface area contributed by atoms with E-state index in [1.807, 2.05) is 24.3 Å². The lowest BCUT2D eigenvalue weighted by molar-refractivity contribution is -0.133. The molecule has 0 radical (unpaired) electrons. The lowest BCUT2D eigenvalue weighted by Gasteiger charge is -2.29. The molecule has 174 valence electrons. The van der Waals surface area contributed by atoms with E-state index in [1.165, 1.54) is 7.11 Å². The predicted octanol–water partition coefficient (Wildman–Crippen LogP) is 4.30. The summed E-state index contributed by atoms with van der Waals surface area (Å²) in [6.07, 6.45) is 4.79. The van der Waals surface area contributed by atoms with Crippen LogP contribution in [0, 0.1) is 0 Å². The van der Waals surface area contributed by atoms with Gasteiger partial charge in [0.05, 0.1) is 7.11 Å². The van der Waals surface area contributed by atoms with Crippen molar-refractivity contribution in [2.24, 2.45) is 0 Å². The third-order valence-electron chi connectivity index (χ3n) is 5.80. The van der Waals surface area contributed by atoms with Crippen LogP contribution in [0.15, 0.2) is 36.4 Å². The Morgan fingerprint density at radius 1 is 0.909 bits per heavy atom. The van der Waals surface area contributed by atoms with Gasteiger partial charge in [0.15, 0.2) is 11.5 Å². The molecule has 2 aromatic rings. The fourth-order valence-corrected chi connectivity index (χ4v) is 4.44. The van der Waals surface area contributed by atoms with Crippen LogP contribution in [0.25, 0.3) is 11.1 Å². The van der Waals surface area contributed by atoms with E-state index in [1.54, 1.807) is 0 Å². The van der Waals surface area contributed by atoms with Crippen LogP contribution in [-0.2, 0) is 22.6 Å². The number of ether oxygens (including phenoxy) is 4. The molecule has 2 heterocycles. The van der Waals surface area contributed by atoms with Gasteiger partial charge in [-0.3, -0.25) is 0 Å². The van der Waals surface area contributed by atoms with Crippen LogP contribution in [0.3, 0.4) is 0 Å². The van der Waals surface area contributed by atoms with E-state index in [9.17, 15) is 9.59 Å². The molecule has 7 nitrogen and oxygen atoms in total. The maximum Gasteiger partial charge on any atom is 0.336 e. The molecule has 0 saturated carbocycles. The van der Waals surface area contributed by atoms with Gasteiger partial charge in [0.1, 0.15) is 6.61 Å². The Hall–Kier alpha value is -3.32. The third-order valence-corrected chi connectivity index (χ3v) is 5.80. The summed E-state index contributed by atoms with van der Waals surface area (Å²) < 4.78 is 23.1. The molecule has 0 saturated heterocycles. The first-order valence-electron chi connectivity index (χ1n) is 11.4. The van der Waals surface area contributed by atoms with Crippen LogP contribution >= 0.6 is 0 Å². The van der Waals surface area contributed by atoms with E-state index >= 15 is 0 Å². The van der Waals surface area contributed by atoms with E-state index < -0.39 is 11.9 Å². The molecule has 0 bridgehead atoms. The quantitative estimate of drug-likeness (QED) is 0.438. The van der Waals surface area contributed by atoms with Crippen molar-refractivity contribution in [1.29, 1.82) is 0 Å². The zero-order valence-electron chi connectivity index (χ0n) is 19.3. The van der Waals surface area contributed by atoms with Crippen molar-refractivity contribution in [1.82, 2.24) is 4.90 Å². The topological polar surface area (TPSA) is 74.3 Å². The number of hydrogen-bond acceptors (Lipinski definition) is 7. The van der Waals surface area contributed by atoms with Crippen LogP contribution in [0.5, 0.6) is 23.0 Å². The smallest absolute Gasteiger partial charge is 0.336 e. The Kier molecular flexibility index (Phi) is 6.99. The summed E-state index contributed by atoms with van der Waals surface area (Å²) in [5.41, 5.74) is 3.60. The first-order chi connectivity index (χ1) is 16.1. The minimum absolute atomic E-state index is 0.0749. The number of fused-ring (bicyclic) bond motifs is 4. The second-order valence-corrected chi connectivity index (χ2v) is 8.09. The Morgan fingerprint density at radius 2 is 1.58 bits per heavy atom. The summed E-state index contributed by atoms with van der Waals surface area (Å²) in [7, 11) is 1.48. The molecule has 33 heavy (non-hydrogen) atoms. The first kappa shape index (κ1) is 22.9. The SMILES string of the molecule is CCCN(CCC)CCc1c2c(c(OC)c3c1-c1ccccc1CO3)OC(=O)/C=C/C(=O)O2. The van der Waals surface area contributed by atoms with Crippen molar-refractivity contribution in [3.05, 3.63) is 47.5 Å². The fourth-order valence-electron chi connectivity index (χ4n) is 4.44. The molecular weight excluding hydrogens is 422 g/mol. The van der Waals surface area contributed by atoms with Crippen LogP contribution in [0.2, 0.25) is 0 Å². The largest absolute Gasteiger partial charge is 0.490 e. The maximum atomic E-state index is 12.5. The van der Waals surface area contributed by atoms with Crippen molar-refractivity contribution in [3.8, 4) is 34.1 Å². The Morgan fingerprint density at radius 3 is 2.24 bits per heavy atom. The summed E-state index contributed by atoms with van der Waals surface area (Å²) >= 11 is 0. The van der Waals surface area contributed by atoms with Crippen molar-refractivity contribution < 1.29 is 28.5 Å². The summed E-state index contributed by atoms with van der Waals surface area (Å²) in [5.74, 6) is -0.288. The molecule has 2 aliphatic rings. The molecule has 0 unspecified atom stereocenters. The lowest BCUT2D eigenvalue weighted by atomic mass is 9.89. The number of nitrogens with zero attached hydrogens (tertiary/aromatic N) is 1. The highest BCUT2D eigenvalue weighted by Crippen LogP contribution is 2.56. The van der Waals surface area contributed by atoms with Crippen LogP contribution in [0.1, 0.15) is 37.8 Å². The number of benzene rings is 2. The van der Waals surface area contributed by atoms with Gasteiger partial charge in [0.25, 0.3) is 0 Å². The Bertz CT molecular complexity index is 1080. The molecule has 7 heteroatoms.